The Morgan fingerprint density at radius 1 is 1.45 bits per heavy atom. The minimum absolute atomic E-state index is 0.533. The molecule has 0 aromatic carbocycles. The topological polar surface area (TPSA) is 39.1 Å². The lowest BCUT2D eigenvalue weighted by Gasteiger charge is -2.37. The van der Waals surface area contributed by atoms with E-state index in [0.717, 1.165) is 25.5 Å². The Kier molecular flexibility index (Phi) is 6.05. The Morgan fingerprint density at radius 2 is 2.25 bits per heavy atom. The smallest absolute Gasteiger partial charge is 0.0580 e. The molecule has 2 rings (SSSR count). The van der Waals surface area contributed by atoms with Gasteiger partial charge in [-0.05, 0) is 57.1 Å². The maximum atomic E-state index is 5.65. The van der Waals surface area contributed by atoms with Gasteiger partial charge in [0, 0.05) is 25.9 Å². The number of aromatic nitrogens is 2. The predicted octanol–water partition coefficient (Wildman–Crippen LogP) is 2.54. The number of ether oxygens (including phenoxy) is 1. The molecule has 0 bridgehead atoms. The summed E-state index contributed by atoms with van der Waals surface area (Å²) in [6.07, 6.45) is 10.8. The van der Waals surface area contributed by atoms with Crippen LogP contribution in [-0.2, 0) is 18.2 Å². The Bertz CT molecular complexity index is 385. The van der Waals surface area contributed by atoms with E-state index in [1.165, 1.54) is 31.2 Å². The van der Waals surface area contributed by atoms with Crippen LogP contribution in [-0.4, -0.2) is 35.1 Å². The van der Waals surface area contributed by atoms with E-state index in [4.69, 9.17) is 4.74 Å². The van der Waals surface area contributed by atoms with Crippen LogP contribution in [0.25, 0.3) is 0 Å². The normalized spacial score (nSPS) is 23.6. The molecule has 1 aliphatic rings. The zero-order valence-electron chi connectivity index (χ0n) is 13.1. The van der Waals surface area contributed by atoms with Crippen LogP contribution in [0.15, 0.2) is 12.4 Å². The van der Waals surface area contributed by atoms with Gasteiger partial charge < -0.3 is 10.1 Å². The van der Waals surface area contributed by atoms with Gasteiger partial charge >= 0.3 is 0 Å². The summed E-state index contributed by atoms with van der Waals surface area (Å²) in [5.41, 5.74) is 1.34. The van der Waals surface area contributed by atoms with Gasteiger partial charge in [0.1, 0.15) is 0 Å². The van der Waals surface area contributed by atoms with Crippen molar-refractivity contribution in [1.29, 1.82) is 0 Å². The van der Waals surface area contributed by atoms with Crippen molar-refractivity contribution in [1.82, 2.24) is 15.1 Å². The first-order valence-electron chi connectivity index (χ1n) is 8.03. The number of hydrogen-bond donors (Lipinski definition) is 1. The molecule has 0 radical (unpaired) electrons. The van der Waals surface area contributed by atoms with Crippen LogP contribution in [0.3, 0.4) is 0 Å². The Morgan fingerprint density at radius 3 is 2.85 bits per heavy atom. The first-order valence-corrected chi connectivity index (χ1v) is 8.03. The van der Waals surface area contributed by atoms with Gasteiger partial charge in [0.2, 0.25) is 0 Å². The summed E-state index contributed by atoms with van der Waals surface area (Å²) < 4.78 is 7.54. The van der Waals surface area contributed by atoms with E-state index in [1.807, 2.05) is 17.9 Å². The summed E-state index contributed by atoms with van der Waals surface area (Å²) in [6.45, 7) is 6.19. The van der Waals surface area contributed by atoms with Crippen LogP contribution >= 0.6 is 0 Å². The number of nitrogens with one attached hydrogen (secondary N) is 1. The third-order valence-electron chi connectivity index (χ3n) is 4.25. The monoisotopic (exact) mass is 279 g/mol. The Labute approximate surface area is 122 Å². The van der Waals surface area contributed by atoms with Crippen molar-refractivity contribution < 1.29 is 4.74 Å². The highest BCUT2D eigenvalue weighted by Crippen LogP contribution is 2.34. The minimum atomic E-state index is 0.533. The SMILES string of the molecule is CCNC(CCc1cnn(C)c1)CC1CC(OCC)C1. The van der Waals surface area contributed by atoms with Gasteiger partial charge in [-0.2, -0.15) is 5.10 Å². The number of rotatable bonds is 9. The molecule has 4 heteroatoms. The quantitative estimate of drug-likeness (QED) is 0.755. The van der Waals surface area contributed by atoms with Crippen molar-refractivity contribution in [3.05, 3.63) is 18.0 Å². The summed E-state index contributed by atoms with van der Waals surface area (Å²) in [7, 11) is 1.98. The highest BCUT2D eigenvalue weighted by Gasteiger charge is 2.31. The van der Waals surface area contributed by atoms with Crippen LogP contribution in [0.5, 0.6) is 0 Å². The second-order valence-electron chi connectivity index (χ2n) is 5.97. The van der Waals surface area contributed by atoms with Gasteiger partial charge in [-0.25, -0.2) is 0 Å². The van der Waals surface area contributed by atoms with Crippen molar-refractivity contribution in [2.45, 2.75) is 58.1 Å². The lowest BCUT2D eigenvalue weighted by Crippen LogP contribution is -2.38. The standard InChI is InChI=1S/C16H29N3O/c1-4-17-15(7-6-13-11-18-19(3)12-13)8-14-9-16(10-14)20-5-2/h11-12,14-17H,4-10H2,1-3H3. The van der Waals surface area contributed by atoms with E-state index < -0.39 is 0 Å². The number of nitrogens with zero attached hydrogens (tertiary/aromatic N) is 2. The van der Waals surface area contributed by atoms with Crippen molar-refractivity contribution >= 4 is 0 Å². The summed E-state index contributed by atoms with van der Waals surface area (Å²) >= 11 is 0. The third kappa shape index (κ3) is 4.60. The summed E-state index contributed by atoms with van der Waals surface area (Å²) in [6, 6.07) is 0.632. The second kappa shape index (κ2) is 7.79. The molecular weight excluding hydrogens is 250 g/mol. The summed E-state index contributed by atoms with van der Waals surface area (Å²) in [5.74, 6) is 0.851. The Balaban J connectivity index is 1.70. The second-order valence-corrected chi connectivity index (χ2v) is 5.97. The molecule has 0 spiro atoms. The fourth-order valence-corrected chi connectivity index (χ4v) is 3.17. The average Bonchev–Trinajstić information content (AvgIpc) is 2.79. The van der Waals surface area contributed by atoms with Gasteiger partial charge in [-0.1, -0.05) is 6.92 Å². The summed E-state index contributed by atoms with van der Waals surface area (Å²) in [4.78, 5) is 0. The van der Waals surface area contributed by atoms with Gasteiger partial charge in [0.25, 0.3) is 0 Å². The van der Waals surface area contributed by atoms with Crippen molar-refractivity contribution in [3.8, 4) is 0 Å². The minimum Gasteiger partial charge on any atom is -0.378 e. The van der Waals surface area contributed by atoms with E-state index in [1.54, 1.807) is 0 Å². The highest BCUT2D eigenvalue weighted by atomic mass is 16.5. The maximum Gasteiger partial charge on any atom is 0.0580 e. The molecule has 0 amide bonds. The lowest BCUT2D eigenvalue weighted by atomic mass is 9.77. The first kappa shape index (κ1) is 15.5. The first-order chi connectivity index (χ1) is 9.71. The van der Waals surface area contributed by atoms with E-state index in [2.05, 4.69) is 30.5 Å². The lowest BCUT2D eigenvalue weighted by molar-refractivity contribution is -0.0291. The molecule has 1 atom stereocenters. The fourth-order valence-electron chi connectivity index (χ4n) is 3.17. The zero-order valence-corrected chi connectivity index (χ0v) is 13.1. The number of hydrogen-bond acceptors (Lipinski definition) is 3. The fraction of sp³-hybridized carbons (Fsp3) is 0.812. The number of aryl methyl sites for hydroxylation is 2. The molecular formula is C16H29N3O. The molecule has 0 saturated heterocycles. The molecule has 0 aliphatic heterocycles. The van der Waals surface area contributed by atoms with Gasteiger partial charge in [-0.3, -0.25) is 4.68 Å². The van der Waals surface area contributed by atoms with Crippen LogP contribution in [0.4, 0.5) is 0 Å². The third-order valence-corrected chi connectivity index (χ3v) is 4.25. The van der Waals surface area contributed by atoms with Gasteiger partial charge in [0.05, 0.1) is 12.3 Å². The molecule has 1 aliphatic carbocycles. The molecule has 1 heterocycles. The van der Waals surface area contributed by atoms with Crippen LogP contribution < -0.4 is 5.32 Å². The van der Waals surface area contributed by atoms with Crippen LogP contribution in [0.2, 0.25) is 0 Å². The van der Waals surface area contributed by atoms with Crippen molar-refractivity contribution in [2.75, 3.05) is 13.2 Å². The van der Waals surface area contributed by atoms with E-state index in [9.17, 15) is 0 Å². The van der Waals surface area contributed by atoms with Crippen molar-refractivity contribution in [3.63, 3.8) is 0 Å². The average molecular weight is 279 g/mol. The molecule has 1 N–H and O–H groups in total. The van der Waals surface area contributed by atoms with E-state index in [-0.39, 0.29) is 0 Å². The molecule has 1 unspecified atom stereocenters. The van der Waals surface area contributed by atoms with Crippen molar-refractivity contribution in [2.24, 2.45) is 13.0 Å². The molecule has 1 saturated carbocycles. The van der Waals surface area contributed by atoms with Gasteiger partial charge in [0.15, 0.2) is 0 Å². The highest BCUT2D eigenvalue weighted by molar-refractivity contribution is 5.04. The van der Waals surface area contributed by atoms with Crippen LogP contribution in [0.1, 0.15) is 45.1 Å². The van der Waals surface area contributed by atoms with E-state index >= 15 is 0 Å². The molecule has 4 nitrogen and oxygen atoms in total. The summed E-state index contributed by atoms with van der Waals surface area (Å²) in [5, 5.41) is 7.88. The van der Waals surface area contributed by atoms with E-state index in [0.29, 0.717) is 12.1 Å². The molecule has 1 aromatic heterocycles. The molecule has 1 aromatic rings. The van der Waals surface area contributed by atoms with Gasteiger partial charge in [-0.15, -0.1) is 0 Å². The molecule has 20 heavy (non-hydrogen) atoms. The Hall–Kier alpha value is -0.870. The maximum absolute atomic E-state index is 5.65. The zero-order chi connectivity index (χ0) is 14.4. The van der Waals surface area contributed by atoms with Crippen LogP contribution in [0, 0.1) is 5.92 Å². The predicted molar refractivity (Wildman–Crippen MR) is 81.7 cm³/mol. The molecule has 1 fully saturated rings. The largest absolute Gasteiger partial charge is 0.378 e. The molecule has 114 valence electrons.